The van der Waals surface area contributed by atoms with Gasteiger partial charge in [0.2, 0.25) is 0 Å². The third-order valence-electron chi connectivity index (χ3n) is 0.692. The van der Waals surface area contributed by atoms with Crippen LogP contribution in [0.25, 0.3) is 0 Å². The summed E-state index contributed by atoms with van der Waals surface area (Å²) in [5, 5.41) is 0. The van der Waals surface area contributed by atoms with Gasteiger partial charge in [-0.05, 0) is 26.8 Å². The minimum absolute atomic E-state index is 0.822. The lowest BCUT2D eigenvalue weighted by Crippen LogP contribution is -1.89. The lowest BCUT2D eigenvalue weighted by Gasteiger charge is -1.83. The highest BCUT2D eigenvalue weighted by Gasteiger charge is 1.69. The van der Waals surface area contributed by atoms with E-state index in [0.717, 1.165) is 5.70 Å². The van der Waals surface area contributed by atoms with Crippen molar-refractivity contribution in [3.05, 3.63) is 36.6 Å². The van der Waals surface area contributed by atoms with Crippen LogP contribution < -0.4 is 5.73 Å². The van der Waals surface area contributed by atoms with Gasteiger partial charge in [-0.2, -0.15) is 0 Å². The Labute approximate surface area is 91.4 Å². The number of rotatable bonds is 1. The van der Waals surface area contributed by atoms with Crippen LogP contribution in [-0.4, -0.2) is 0 Å². The molecule has 86 valence electrons. The van der Waals surface area contributed by atoms with Gasteiger partial charge in [0.25, 0.3) is 0 Å². The second-order valence-corrected chi connectivity index (χ2v) is 1.70. The smallest absolute Gasteiger partial charge is 0.0267 e. The first-order valence-electron chi connectivity index (χ1n) is 5.34. The van der Waals surface area contributed by atoms with Crippen molar-refractivity contribution >= 4 is 0 Å². The van der Waals surface area contributed by atoms with E-state index < -0.39 is 0 Å². The van der Waals surface area contributed by atoms with Gasteiger partial charge in [0, 0.05) is 5.70 Å². The van der Waals surface area contributed by atoms with Crippen LogP contribution >= 0.6 is 0 Å². The molecular formula is C13H29N. The Kier molecular flexibility index (Phi) is 66.5. The molecule has 2 N–H and O–H groups in total. The molecule has 0 fully saturated rings. The Morgan fingerprint density at radius 1 is 1.00 bits per heavy atom. The molecular weight excluding hydrogens is 170 g/mol. The highest BCUT2D eigenvalue weighted by molar-refractivity contribution is 5.12. The molecule has 14 heavy (non-hydrogen) atoms. The van der Waals surface area contributed by atoms with E-state index in [4.69, 9.17) is 5.73 Å². The van der Waals surface area contributed by atoms with Crippen LogP contribution in [0.2, 0.25) is 0 Å². The molecule has 0 aromatic carbocycles. The average Bonchev–Trinajstić information content (AvgIpc) is 2.25. The van der Waals surface area contributed by atoms with E-state index in [-0.39, 0.29) is 0 Å². The summed E-state index contributed by atoms with van der Waals surface area (Å²) in [5.41, 5.74) is 6.18. The third kappa shape index (κ3) is 68.5. The molecule has 0 aliphatic heterocycles. The molecule has 0 heterocycles. The van der Waals surface area contributed by atoms with E-state index in [2.05, 4.69) is 6.58 Å². The van der Waals surface area contributed by atoms with Crippen LogP contribution in [0.1, 0.15) is 48.5 Å². The van der Waals surface area contributed by atoms with Crippen LogP contribution in [0.5, 0.6) is 0 Å². The summed E-state index contributed by atoms with van der Waals surface area (Å²) < 4.78 is 0. The van der Waals surface area contributed by atoms with Crippen molar-refractivity contribution < 1.29 is 0 Å². The molecule has 0 bridgehead atoms. The molecule has 0 saturated carbocycles. The number of allylic oxidation sites excluding steroid dienone is 4. The van der Waals surface area contributed by atoms with Crippen molar-refractivity contribution in [3.63, 3.8) is 0 Å². The fourth-order valence-electron chi connectivity index (χ4n) is 0.289. The lowest BCUT2D eigenvalue weighted by molar-refractivity contribution is 1.39. The van der Waals surface area contributed by atoms with Gasteiger partial charge in [-0.25, -0.2) is 0 Å². The fraction of sp³-hybridized carbons (Fsp3) is 0.538. The van der Waals surface area contributed by atoms with Crippen LogP contribution in [0.15, 0.2) is 36.6 Å². The molecule has 0 aromatic heterocycles. The predicted octanol–water partition coefficient (Wildman–Crippen LogP) is 4.67. The van der Waals surface area contributed by atoms with Crippen LogP contribution in [0.3, 0.4) is 0 Å². The van der Waals surface area contributed by atoms with Crippen LogP contribution in [0.4, 0.5) is 0 Å². The van der Waals surface area contributed by atoms with Gasteiger partial charge in [-0.3, -0.25) is 0 Å². The maximum atomic E-state index is 5.36. The molecule has 0 aliphatic rings. The first kappa shape index (κ1) is 23.1. The van der Waals surface area contributed by atoms with Crippen molar-refractivity contribution in [2.45, 2.75) is 48.5 Å². The van der Waals surface area contributed by atoms with E-state index in [9.17, 15) is 0 Å². The Bertz CT molecular complexity index is 121. The Morgan fingerprint density at radius 3 is 1.36 bits per heavy atom. The number of nitrogens with two attached hydrogens (primary N) is 1. The zero-order chi connectivity index (χ0) is 12.4. The summed E-state index contributed by atoms with van der Waals surface area (Å²) in [7, 11) is 0. The first-order chi connectivity index (χ1) is 6.72. The Hall–Kier alpha value is -0.980. The van der Waals surface area contributed by atoms with Crippen LogP contribution in [-0.2, 0) is 0 Å². The standard InChI is InChI=1S/C6H11N.C3H6.2C2H6/c1-3-5-6(7)4-2;1-3-2;2*1-2/h3-5H,7H2,1-2H3;3H,1H2,2H3;2*1-2H3/b5-3-,6-4+;;;. The largest absolute Gasteiger partial charge is 0.399 e. The molecule has 0 saturated heterocycles. The van der Waals surface area contributed by atoms with Crippen molar-refractivity contribution in [3.8, 4) is 0 Å². The quantitative estimate of drug-likeness (QED) is 0.482. The molecule has 0 atom stereocenters. The minimum Gasteiger partial charge on any atom is -0.399 e. The van der Waals surface area contributed by atoms with Gasteiger partial charge in [0.05, 0.1) is 0 Å². The van der Waals surface area contributed by atoms with E-state index >= 15 is 0 Å². The molecule has 0 rings (SSSR count). The summed E-state index contributed by atoms with van der Waals surface area (Å²) in [6.07, 6.45) is 7.38. The van der Waals surface area contributed by atoms with Crippen LogP contribution in [0, 0.1) is 0 Å². The minimum atomic E-state index is 0.822. The Balaban J connectivity index is -0.0000000603. The zero-order valence-electron chi connectivity index (χ0n) is 11.1. The van der Waals surface area contributed by atoms with Crippen molar-refractivity contribution in [2.75, 3.05) is 0 Å². The molecule has 0 unspecified atom stereocenters. The second kappa shape index (κ2) is 40.3. The topological polar surface area (TPSA) is 26.0 Å². The highest BCUT2D eigenvalue weighted by Crippen LogP contribution is 1.82. The predicted molar refractivity (Wildman–Crippen MR) is 71.3 cm³/mol. The SMILES string of the molecule is C/C=C\C(N)=C/C.C=CC.CC.CC. The zero-order valence-corrected chi connectivity index (χ0v) is 11.1. The molecule has 0 aliphatic carbocycles. The maximum Gasteiger partial charge on any atom is 0.0267 e. The van der Waals surface area contributed by atoms with Gasteiger partial charge < -0.3 is 5.73 Å². The number of hydrogen-bond acceptors (Lipinski definition) is 1. The average molecular weight is 199 g/mol. The van der Waals surface area contributed by atoms with E-state index in [1.807, 2.05) is 66.7 Å². The summed E-state index contributed by atoms with van der Waals surface area (Å²) in [5.74, 6) is 0. The molecule has 1 heteroatoms. The molecule has 0 amide bonds. The van der Waals surface area contributed by atoms with E-state index in [0.29, 0.717) is 0 Å². The number of hydrogen-bond donors (Lipinski definition) is 1. The van der Waals surface area contributed by atoms with Crippen molar-refractivity contribution in [1.82, 2.24) is 0 Å². The van der Waals surface area contributed by atoms with E-state index in [1.165, 1.54) is 0 Å². The normalized spacial score (nSPS) is 8.36. The molecule has 0 spiro atoms. The third-order valence-corrected chi connectivity index (χ3v) is 0.692. The van der Waals surface area contributed by atoms with Gasteiger partial charge in [0.1, 0.15) is 0 Å². The van der Waals surface area contributed by atoms with E-state index in [1.54, 1.807) is 6.08 Å². The van der Waals surface area contributed by atoms with Gasteiger partial charge in [-0.1, -0.05) is 45.9 Å². The van der Waals surface area contributed by atoms with Gasteiger partial charge >= 0.3 is 0 Å². The molecule has 0 aromatic rings. The first-order valence-corrected chi connectivity index (χ1v) is 5.34. The summed E-state index contributed by atoms with van der Waals surface area (Å²) in [4.78, 5) is 0. The summed E-state index contributed by atoms with van der Waals surface area (Å²) in [6.45, 7) is 17.1. The van der Waals surface area contributed by atoms with Crippen molar-refractivity contribution in [2.24, 2.45) is 5.73 Å². The highest BCUT2D eigenvalue weighted by atomic mass is 14.5. The lowest BCUT2D eigenvalue weighted by atomic mass is 10.4. The van der Waals surface area contributed by atoms with Gasteiger partial charge in [-0.15, -0.1) is 6.58 Å². The van der Waals surface area contributed by atoms with Gasteiger partial charge in [0.15, 0.2) is 0 Å². The Morgan fingerprint density at radius 2 is 1.29 bits per heavy atom. The second-order valence-electron chi connectivity index (χ2n) is 1.70. The summed E-state index contributed by atoms with van der Waals surface area (Å²) >= 11 is 0. The maximum absolute atomic E-state index is 5.36. The molecule has 0 radical (unpaired) electrons. The van der Waals surface area contributed by atoms with Crippen molar-refractivity contribution in [1.29, 1.82) is 0 Å². The molecule has 1 nitrogen and oxygen atoms in total. The fourth-order valence-corrected chi connectivity index (χ4v) is 0.289. The summed E-state index contributed by atoms with van der Waals surface area (Å²) in [6, 6.07) is 0. The monoisotopic (exact) mass is 199 g/mol.